The number of rotatable bonds is 5. The zero-order valence-electron chi connectivity index (χ0n) is 14.9. The summed E-state index contributed by atoms with van der Waals surface area (Å²) in [5.74, 6) is 1.56. The van der Waals surface area contributed by atoms with Crippen LogP contribution in [0.25, 0.3) is 0 Å². The molecule has 3 unspecified atom stereocenters. The fourth-order valence-electron chi connectivity index (χ4n) is 3.29. The average Bonchev–Trinajstić information content (AvgIpc) is 3.19. The number of halogens is 2. The van der Waals surface area contributed by atoms with Gasteiger partial charge in [-0.1, -0.05) is 11.6 Å². The average molecular weight is 415 g/mol. The summed E-state index contributed by atoms with van der Waals surface area (Å²) in [6.07, 6.45) is 6.71. The molecule has 2 aliphatic rings. The molecule has 1 aromatic carbocycles. The molecule has 1 aromatic heterocycles. The number of anilines is 2. The predicted octanol–water partition coefficient (Wildman–Crippen LogP) is 5.49. The van der Waals surface area contributed by atoms with Crippen molar-refractivity contribution in [3.8, 4) is 0 Å². The molecule has 2 aliphatic carbocycles. The smallest absolute Gasteiger partial charge is 0.192 e. The third-order valence-electron chi connectivity index (χ3n) is 4.60. The fourth-order valence-corrected chi connectivity index (χ4v) is 4.85. The lowest BCUT2D eigenvalue weighted by molar-refractivity contribution is 0.441. The molecule has 0 radical (unpaired) electrons. The maximum atomic E-state index is 14.3. The summed E-state index contributed by atoms with van der Waals surface area (Å²) in [5.41, 5.74) is 0.701. The Morgan fingerprint density at radius 2 is 2.04 bits per heavy atom. The zero-order chi connectivity index (χ0) is 18.5. The normalized spacial score (nSPS) is 23.5. The first-order valence-corrected chi connectivity index (χ1v) is 10.8. The van der Waals surface area contributed by atoms with E-state index in [-0.39, 0.29) is 5.82 Å². The largest absolute Gasteiger partial charge is 0.381 e. The molecular weight excluding hydrogens is 391 g/mol. The Morgan fingerprint density at radius 3 is 2.73 bits per heavy atom. The van der Waals surface area contributed by atoms with Crippen LogP contribution in [0.4, 0.5) is 15.2 Å². The first kappa shape index (κ1) is 19.7. The van der Waals surface area contributed by atoms with Gasteiger partial charge in [-0.05, 0) is 75.7 Å². The van der Waals surface area contributed by atoms with Crippen LogP contribution < -0.4 is 15.4 Å². The second-order valence-electron chi connectivity index (χ2n) is 6.71. The van der Waals surface area contributed by atoms with E-state index in [2.05, 4.69) is 20.3 Å². The minimum Gasteiger partial charge on any atom is -0.381 e. The number of aromatic nitrogens is 1. The van der Waals surface area contributed by atoms with E-state index in [1.807, 2.05) is 19.5 Å². The highest BCUT2D eigenvalue weighted by atomic mass is 35.5. The van der Waals surface area contributed by atoms with Crippen molar-refractivity contribution in [2.24, 2.45) is 11.8 Å². The summed E-state index contributed by atoms with van der Waals surface area (Å²) in [4.78, 5) is 4.58. The molecule has 8 heteroatoms. The maximum absolute atomic E-state index is 14.3. The predicted molar refractivity (Wildman–Crippen MR) is 111 cm³/mol. The van der Waals surface area contributed by atoms with Crippen LogP contribution in [0.15, 0.2) is 28.6 Å². The summed E-state index contributed by atoms with van der Waals surface area (Å²) >= 11 is 9.01. The van der Waals surface area contributed by atoms with Crippen LogP contribution in [0.5, 0.6) is 0 Å². The van der Waals surface area contributed by atoms with E-state index >= 15 is 0 Å². The van der Waals surface area contributed by atoms with Gasteiger partial charge in [-0.2, -0.15) is 0 Å². The van der Waals surface area contributed by atoms with Crippen LogP contribution >= 0.6 is 34.9 Å². The van der Waals surface area contributed by atoms with Crippen LogP contribution in [0, 0.1) is 17.7 Å². The lowest BCUT2D eigenvalue weighted by atomic mass is 9.95. The third-order valence-corrected chi connectivity index (χ3v) is 6.56. The van der Waals surface area contributed by atoms with E-state index in [4.69, 9.17) is 11.6 Å². The standard InChI is InChI=1S/C16H17ClFN3S2.C2H7N/c17-12-7-15(23-21-16-19-3-4-22-16)13(18)8-14(12)20-11-2-1-9-5-10(9)6-11;1-3-2/h3-4,7-11,20H,1-2,5-6H2,(H,19,21);3H,1-2H3. The lowest BCUT2D eigenvalue weighted by Gasteiger charge is -2.24. The number of nitrogens with zero attached hydrogens (tertiary/aromatic N) is 1. The molecule has 26 heavy (non-hydrogen) atoms. The number of nitrogens with one attached hydrogen (secondary N) is 3. The van der Waals surface area contributed by atoms with Crippen molar-refractivity contribution in [2.75, 3.05) is 24.1 Å². The van der Waals surface area contributed by atoms with E-state index in [9.17, 15) is 4.39 Å². The lowest BCUT2D eigenvalue weighted by Crippen LogP contribution is -2.23. The van der Waals surface area contributed by atoms with Gasteiger partial charge in [-0.3, -0.25) is 0 Å². The second-order valence-corrected chi connectivity index (χ2v) is 8.86. The topological polar surface area (TPSA) is 49.0 Å². The summed E-state index contributed by atoms with van der Waals surface area (Å²) < 4.78 is 17.3. The van der Waals surface area contributed by atoms with Crippen molar-refractivity contribution in [1.82, 2.24) is 10.3 Å². The molecule has 4 rings (SSSR count). The Bertz CT molecular complexity index is 713. The van der Waals surface area contributed by atoms with Gasteiger partial charge in [0.05, 0.1) is 15.6 Å². The third kappa shape index (κ3) is 5.25. The Morgan fingerprint density at radius 1 is 1.23 bits per heavy atom. The highest BCUT2D eigenvalue weighted by Gasteiger charge is 2.41. The van der Waals surface area contributed by atoms with Crippen LogP contribution in [0.2, 0.25) is 5.02 Å². The maximum Gasteiger partial charge on any atom is 0.192 e. The molecule has 2 fully saturated rings. The summed E-state index contributed by atoms with van der Waals surface area (Å²) in [6, 6.07) is 3.60. The molecule has 0 spiro atoms. The molecule has 2 aromatic rings. The van der Waals surface area contributed by atoms with E-state index in [1.54, 1.807) is 12.3 Å². The molecule has 0 bridgehead atoms. The van der Waals surface area contributed by atoms with Crippen LogP contribution in [0.1, 0.15) is 25.7 Å². The van der Waals surface area contributed by atoms with E-state index in [0.717, 1.165) is 23.4 Å². The molecule has 142 valence electrons. The summed E-state index contributed by atoms with van der Waals surface area (Å²) in [5, 5.41) is 9.36. The molecule has 3 N–H and O–H groups in total. The Labute approximate surface area is 167 Å². The number of hydrogen-bond donors (Lipinski definition) is 3. The van der Waals surface area contributed by atoms with Gasteiger partial charge in [-0.15, -0.1) is 11.3 Å². The molecule has 0 saturated heterocycles. The van der Waals surface area contributed by atoms with Crippen molar-refractivity contribution in [3.63, 3.8) is 0 Å². The van der Waals surface area contributed by atoms with Gasteiger partial charge in [0, 0.05) is 17.6 Å². The molecular formula is C18H24ClFN4S2. The fraction of sp³-hybridized carbons (Fsp3) is 0.500. The quantitative estimate of drug-likeness (QED) is 0.564. The van der Waals surface area contributed by atoms with Crippen LogP contribution in [-0.2, 0) is 0 Å². The van der Waals surface area contributed by atoms with E-state index < -0.39 is 0 Å². The Hall–Kier alpha value is -1.02. The van der Waals surface area contributed by atoms with Gasteiger partial charge in [0.15, 0.2) is 5.13 Å². The second kappa shape index (κ2) is 9.26. The van der Waals surface area contributed by atoms with E-state index in [1.165, 1.54) is 48.6 Å². The van der Waals surface area contributed by atoms with Crippen molar-refractivity contribution in [3.05, 3.63) is 34.5 Å². The summed E-state index contributed by atoms with van der Waals surface area (Å²) in [7, 11) is 3.75. The first-order chi connectivity index (χ1) is 12.6. The number of fused-ring (bicyclic) bond motifs is 1. The highest BCUT2D eigenvalue weighted by Crippen LogP contribution is 2.50. The van der Waals surface area contributed by atoms with Crippen LogP contribution in [-0.4, -0.2) is 25.1 Å². The van der Waals surface area contributed by atoms with Crippen molar-refractivity contribution < 1.29 is 4.39 Å². The first-order valence-electron chi connectivity index (χ1n) is 8.77. The Balaban J connectivity index is 0.000000613. The van der Waals surface area contributed by atoms with Crippen molar-refractivity contribution >= 4 is 45.7 Å². The van der Waals surface area contributed by atoms with Gasteiger partial charge in [0.2, 0.25) is 0 Å². The molecule has 4 nitrogen and oxygen atoms in total. The minimum absolute atomic E-state index is 0.272. The van der Waals surface area contributed by atoms with Gasteiger partial charge in [0.25, 0.3) is 0 Å². The number of hydrogen-bond acceptors (Lipinski definition) is 6. The van der Waals surface area contributed by atoms with Gasteiger partial charge in [-0.25, -0.2) is 9.37 Å². The molecule has 1 heterocycles. The summed E-state index contributed by atoms with van der Waals surface area (Å²) in [6.45, 7) is 0. The molecule has 3 atom stereocenters. The minimum atomic E-state index is -0.272. The van der Waals surface area contributed by atoms with Gasteiger partial charge in [0.1, 0.15) is 5.82 Å². The molecule has 0 amide bonds. The highest BCUT2D eigenvalue weighted by molar-refractivity contribution is 8.00. The molecule has 2 saturated carbocycles. The van der Waals surface area contributed by atoms with Crippen molar-refractivity contribution in [1.29, 1.82) is 0 Å². The monoisotopic (exact) mass is 414 g/mol. The van der Waals surface area contributed by atoms with Crippen LogP contribution in [0.3, 0.4) is 0 Å². The van der Waals surface area contributed by atoms with Crippen molar-refractivity contribution in [2.45, 2.75) is 36.6 Å². The van der Waals surface area contributed by atoms with E-state index in [0.29, 0.717) is 21.6 Å². The number of benzene rings is 1. The van der Waals surface area contributed by atoms with Gasteiger partial charge >= 0.3 is 0 Å². The number of thiazole rings is 1. The molecule has 0 aliphatic heterocycles. The Kier molecular flexibility index (Phi) is 7.03. The zero-order valence-corrected chi connectivity index (χ0v) is 17.3. The SMILES string of the molecule is CNC.Fc1cc(NC2CCC3CC3C2)c(Cl)cc1SNc1nccs1. The van der Waals surface area contributed by atoms with Gasteiger partial charge < -0.3 is 15.4 Å².